The maximum absolute atomic E-state index is 12.1. The molecule has 1 aliphatic rings. The van der Waals surface area contributed by atoms with Crippen LogP contribution in [0.3, 0.4) is 0 Å². The van der Waals surface area contributed by atoms with Gasteiger partial charge in [0.05, 0.1) is 13.2 Å². The lowest BCUT2D eigenvalue weighted by molar-refractivity contribution is 0.0374. The number of rotatable bonds is 5. The maximum atomic E-state index is 12.1. The van der Waals surface area contributed by atoms with E-state index in [0.717, 1.165) is 45.7 Å². The Morgan fingerprint density at radius 1 is 1.27 bits per heavy atom. The number of nitrogens with one attached hydrogen (secondary N) is 1. The van der Waals surface area contributed by atoms with E-state index in [-0.39, 0.29) is 5.69 Å². The van der Waals surface area contributed by atoms with E-state index in [1.165, 1.54) is 0 Å². The number of aromatic amines is 1. The summed E-state index contributed by atoms with van der Waals surface area (Å²) in [5, 5.41) is 10.6. The lowest BCUT2D eigenvalue weighted by atomic mass is 10.2. The van der Waals surface area contributed by atoms with Crippen LogP contribution in [-0.2, 0) is 11.2 Å². The van der Waals surface area contributed by atoms with Gasteiger partial charge in [-0.15, -0.1) is 0 Å². The Labute approximate surface area is 128 Å². The first-order valence-electron chi connectivity index (χ1n) is 7.56. The molecule has 1 aliphatic heterocycles. The second kappa shape index (κ2) is 6.45. The molecular weight excluding hydrogens is 286 g/mol. The minimum Gasteiger partial charge on any atom is -0.379 e. The first-order valence-corrected chi connectivity index (χ1v) is 7.56. The highest BCUT2D eigenvalue weighted by molar-refractivity contribution is 5.39. The molecule has 0 aromatic carbocycles. The first kappa shape index (κ1) is 15.0. The predicted molar refractivity (Wildman–Crippen MR) is 79.3 cm³/mol. The summed E-state index contributed by atoms with van der Waals surface area (Å²) < 4.78 is 12.1. The lowest BCUT2D eigenvalue weighted by Crippen LogP contribution is -2.37. The van der Waals surface area contributed by atoms with Gasteiger partial charge in [-0.2, -0.15) is 5.10 Å². The van der Waals surface area contributed by atoms with E-state index in [4.69, 9.17) is 9.26 Å². The molecule has 8 nitrogen and oxygen atoms in total. The van der Waals surface area contributed by atoms with Gasteiger partial charge in [0.15, 0.2) is 5.76 Å². The summed E-state index contributed by atoms with van der Waals surface area (Å²) in [7, 11) is 0. The molecule has 1 saturated heterocycles. The quantitative estimate of drug-likeness (QED) is 0.861. The highest BCUT2D eigenvalue weighted by Crippen LogP contribution is 2.17. The highest BCUT2D eigenvalue weighted by atomic mass is 16.5. The normalized spacial score (nSPS) is 16.3. The zero-order valence-corrected chi connectivity index (χ0v) is 13.0. The van der Waals surface area contributed by atoms with Crippen LogP contribution in [0.4, 0.5) is 0 Å². The molecular formula is C14H21N5O3. The van der Waals surface area contributed by atoms with Gasteiger partial charge in [-0.1, -0.05) is 5.16 Å². The standard InChI is InChI=1S/C14H21N5O3/c1-10-13(11(2)22-17-10)19-12(15-16-14(19)20)4-3-5-18-6-8-21-9-7-18/h3-9H2,1-2H3,(H,16,20). The molecule has 1 fully saturated rings. The molecule has 3 rings (SSSR count). The van der Waals surface area contributed by atoms with Gasteiger partial charge < -0.3 is 9.26 Å². The fraction of sp³-hybridized carbons (Fsp3) is 0.643. The molecule has 2 aromatic heterocycles. The smallest absolute Gasteiger partial charge is 0.348 e. The van der Waals surface area contributed by atoms with Gasteiger partial charge in [-0.25, -0.2) is 14.5 Å². The van der Waals surface area contributed by atoms with E-state index in [1.54, 1.807) is 11.5 Å². The van der Waals surface area contributed by atoms with Crippen molar-refractivity contribution in [3.05, 3.63) is 27.8 Å². The van der Waals surface area contributed by atoms with Gasteiger partial charge in [0.2, 0.25) is 0 Å². The summed E-state index contributed by atoms with van der Waals surface area (Å²) in [4.78, 5) is 14.4. The van der Waals surface area contributed by atoms with Gasteiger partial charge in [-0.05, 0) is 26.8 Å². The summed E-state index contributed by atoms with van der Waals surface area (Å²) in [6.45, 7) is 8.13. The molecule has 3 heterocycles. The van der Waals surface area contributed by atoms with Gasteiger partial charge >= 0.3 is 5.69 Å². The number of aromatic nitrogens is 4. The van der Waals surface area contributed by atoms with Crippen molar-refractivity contribution in [2.75, 3.05) is 32.8 Å². The summed E-state index contributed by atoms with van der Waals surface area (Å²) in [5.41, 5.74) is 1.13. The number of aryl methyl sites for hydroxylation is 3. The zero-order chi connectivity index (χ0) is 15.5. The van der Waals surface area contributed by atoms with Crippen molar-refractivity contribution in [3.63, 3.8) is 0 Å². The minimum atomic E-state index is -0.254. The molecule has 0 radical (unpaired) electrons. The molecule has 0 spiro atoms. The third kappa shape index (κ3) is 2.97. The van der Waals surface area contributed by atoms with Crippen LogP contribution in [-0.4, -0.2) is 57.7 Å². The van der Waals surface area contributed by atoms with E-state index in [2.05, 4.69) is 20.3 Å². The molecule has 0 amide bonds. The number of H-pyrrole nitrogens is 1. The fourth-order valence-electron chi connectivity index (χ4n) is 2.81. The molecule has 0 saturated carbocycles. The molecule has 22 heavy (non-hydrogen) atoms. The second-order valence-electron chi connectivity index (χ2n) is 5.51. The Morgan fingerprint density at radius 3 is 2.73 bits per heavy atom. The first-order chi connectivity index (χ1) is 10.7. The van der Waals surface area contributed by atoms with Crippen LogP contribution in [0.1, 0.15) is 23.7 Å². The third-order valence-electron chi connectivity index (χ3n) is 3.94. The topological polar surface area (TPSA) is 89.2 Å². The largest absolute Gasteiger partial charge is 0.379 e. The molecule has 0 aliphatic carbocycles. The maximum Gasteiger partial charge on any atom is 0.348 e. The Morgan fingerprint density at radius 2 is 2.05 bits per heavy atom. The van der Waals surface area contributed by atoms with Crippen molar-refractivity contribution in [1.29, 1.82) is 0 Å². The average molecular weight is 307 g/mol. The molecule has 0 unspecified atom stereocenters. The van der Waals surface area contributed by atoms with Crippen LogP contribution in [0.5, 0.6) is 0 Å². The number of ether oxygens (including phenoxy) is 1. The number of morpholine rings is 1. The van der Waals surface area contributed by atoms with Crippen molar-refractivity contribution in [1.82, 2.24) is 24.8 Å². The highest BCUT2D eigenvalue weighted by Gasteiger charge is 2.18. The van der Waals surface area contributed by atoms with Crippen LogP contribution in [0, 0.1) is 13.8 Å². The summed E-state index contributed by atoms with van der Waals surface area (Å²) in [5.74, 6) is 1.34. The average Bonchev–Trinajstić information content (AvgIpc) is 3.03. The Bertz CT molecular complexity index is 661. The van der Waals surface area contributed by atoms with Crippen LogP contribution in [0.15, 0.2) is 9.32 Å². The molecule has 2 aromatic rings. The molecule has 8 heteroatoms. The van der Waals surface area contributed by atoms with E-state index in [9.17, 15) is 4.79 Å². The molecule has 0 atom stereocenters. The Balaban J connectivity index is 1.71. The van der Waals surface area contributed by atoms with Gasteiger partial charge in [-0.3, -0.25) is 4.90 Å². The van der Waals surface area contributed by atoms with Crippen molar-refractivity contribution in [2.45, 2.75) is 26.7 Å². The van der Waals surface area contributed by atoms with Crippen LogP contribution >= 0.6 is 0 Å². The second-order valence-corrected chi connectivity index (χ2v) is 5.51. The SMILES string of the molecule is Cc1noc(C)c1-n1c(CCCN2CCOCC2)n[nH]c1=O. The van der Waals surface area contributed by atoms with Crippen LogP contribution < -0.4 is 5.69 Å². The van der Waals surface area contributed by atoms with Gasteiger partial charge in [0, 0.05) is 19.5 Å². The van der Waals surface area contributed by atoms with Crippen molar-refractivity contribution in [3.8, 4) is 5.69 Å². The van der Waals surface area contributed by atoms with E-state index in [1.807, 2.05) is 6.92 Å². The minimum absolute atomic E-state index is 0.254. The fourth-order valence-corrected chi connectivity index (χ4v) is 2.81. The van der Waals surface area contributed by atoms with E-state index >= 15 is 0 Å². The monoisotopic (exact) mass is 307 g/mol. The molecule has 1 N–H and O–H groups in total. The Hall–Kier alpha value is -1.93. The molecule has 0 bridgehead atoms. The lowest BCUT2D eigenvalue weighted by Gasteiger charge is -2.26. The zero-order valence-electron chi connectivity index (χ0n) is 13.0. The number of nitrogens with zero attached hydrogens (tertiary/aromatic N) is 4. The van der Waals surface area contributed by atoms with Crippen molar-refractivity contribution in [2.24, 2.45) is 0 Å². The number of hydrogen-bond acceptors (Lipinski definition) is 6. The molecule has 120 valence electrons. The summed E-state index contributed by atoms with van der Waals surface area (Å²) >= 11 is 0. The van der Waals surface area contributed by atoms with E-state index < -0.39 is 0 Å². The van der Waals surface area contributed by atoms with Crippen molar-refractivity contribution >= 4 is 0 Å². The van der Waals surface area contributed by atoms with Crippen LogP contribution in [0.2, 0.25) is 0 Å². The summed E-state index contributed by atoms with van der Waals surface area (Å²) in [6.07, 6.45) is 1.66. The predicted octanol–water partition coefficient (Wildman–Crippen LogP) is 0.430. The summed E-state index contributed by atoms with van der Waals surface area (Å²) in [6, 6.07) is 0. The number of hydrogen-bond donors (Lipinski definition) is 1. The van der Waals surface area contributed by atoms with Gasteiger partial charge in [0.1, 0.15) is 17.2 Å². The van der Waals surface area contributed by atoms with Crippen molar-refractivity contribution < 1.29 is 9.26 Å². The third-order valence-corrected chi connectivity index (χ3v) is 3.94. The van der Waals surface area contributed by atoms with E-state index in [0.29, 0.717) is 23.0 Å². The Kier molecular flexibility index (Phi) is 4.39. The van der Waals surface area contributed by atoms with Gasteiger partial charge in [0.25, 0.3) is 0 Å². The van der Waals surface area contributed by atoms with Crippen LogP contribution in [0.25, 0.3) is 5.69 Å².